The number of aromatic nitrogens is 4. The van der Waals surface area contributed by atoms with E-state index in [9.17, 15) is 0 Å². The first-order valence-corrected chi connectivity index (χ1v) is 13.7. The maximum absolute atomic E-state index is 5.12. The number of amidine groups is 1. The smallest absolute Gasteiger partial charge is 0.205 e. The van der Waals surface area contributed by atoms with Gasteiger partial charge in [0.05, 0.1) is 6.04 Å². The van der Waals surface area contributed by atoms with E-state index in [0.29, 0.717) is 5.82 Å². The third-order valence-corrected chi connectivity index (χ3v) is 7.53. The topological polar surface area (TPSA) is 73.3 Å². The van der Waals surface area contributed by atoms with Gasteiger partial charge >= 0.3 is 0 Å². The molecule has 0 fully saturated rings. The molecule has 39 heavy (non-hydrogen) atoms. The Kier molecular flexibility index (Phi) is 7.04. The molecule has 0 amide bonds. The zero-order valence-electron chi connectivity index (χ0n) is 22.5. The van der Waals surface area contributed by atoms with Crippen LogP contribution in [-0.2, 0) is 6.54 Å². The molecule has 6 rings (SSSR count). The predicted octanol–water partition coefficient (Wildman–Crippen LogP) is 7.03. The van der Waals surface area contributed by atoms with Crippen molar-refractivity contribution < 1.29 is 0 Å². The lowest BCUT2D eigenvalue weighted by Crippen LogP contribution is -2.31. The lowest BCUT2D eigenvalue weighted by Gasteiger charge is -2.26. The molecule has 1 aliphatic heterocycles. The van der Waals surface area contributed by atoms with Crippen molar-refractivity contribution in [2.45, 2.75) is 45.7 Å². The first-order valence-electron chi connectivity index (χ1n) is 13.7. The fraction of sp³-hybridized carbons (Fsp3) is 0.250. The lowest BCUT2D eigenvalue weighted by molar-refractivity contribution is 0.180. The minimum atomic E-state index is 0.195. The van der Waals surface area contributed by atoms with Crippen LogP contribution >= 0.6 is 0 Å². The van der Waals surface area contributed by atoms with Gasteiger partial charge in [0.15, 0.2) is 0 Å². The third-order valence-electron chi connectivity index (χ3n) is 7.53. The second-order valence-corrected chi connectivity index (χ2v) is 10.2. The average Bonchev–Trinajstić information content (AvgIpc) is 3.67. The van der Waals surface area contributed by atoms with Gasteiger partial charge in [0.1, 0.15) is 12.5 Å². The number of H-pyrrole nitrogens is 1. The Labute approximate surface area is 229 Å². The molecule has 0 aliphatic carbocycles. The monoisotopic (exact) mass is 515 g/mol. The maximum Gasteiger partial charge on any atom is 0.205 e. The van der Waals surface area contributed by atoms with E-state index in [1.54, 1.807) is 0 Å². The molecule has 0 saturated heterocycles. The zero-order valence-corrected chi connectivity index (χ0v) is 22.5. The molecule has 196 valence electrons. The van der Waals surface area contributed by atoms with Crippen LogP contribution in [0.25, 0.3) is 33.3 Å². The summed E-state index contributed by atoms with van der Waals surface area (Å²) in [7, 11) is 0. The fourth-order valence-electron chi connectivity index (χ4n) is 5.25. The van der Waals surface area contributed by atoms with Gasteiger partial charge in [-0.3, -0.25) is 5.01 Å². The summed E-state index contributed by atoms with van der Waals surface area (Å²) in [4.78, 5) is 2.43. The summed E-state index contributed by atoms with van der Waals surface area (Å²) in [5, 5.41) is 24.5. The second-order valence-electron chi connectivity index (χ2n) is 10.2. The number of nitrogens with one attached hydrogen (secondary N) is 1. The van der Waals surface area contributed by atoms with Crippen LogP contribution in [0.1, 0.15) is 50.3 Å². The van der Waals surface area contributed by atoms with E-state index >= 15 is 0 Å². The first kappa shape index (κ1) is 24.8. The number of aromatic amines is 1. The molecule has 1 aliphatic rings. The summed E-state index contributed by atoms with van der Waals surface area (Å²) < 4.78 is 0. The molecule has 7 heteroatoms. The van der Waals surface area contributed by atoms with Gasteiger partial charge in [-0.2, -0.15) is 10.3 Å². The average molecular weight is 516 g/mol. The van der Waals surface area contributed by atoms with Crippen LogP contribution < -0.4 is 0 Å². The standard InChI is InChI=1S/C32H33N7/c1-3-4-13-31-35-39(23(2)27-19-18-25-9-5-6-10-28(25)20-27)22-38(31)21-24-14-16-26(17-15-24)29-11-7-8-12-30(29)32-33-36-37-34-32/h5-12,14-20,23H,3-4,13,21-22H2,1-2H3,(H,33,34,36,37). The molecule has 1 atom stereocenters. The molecule has 2 heterocycles. The van der Waals surface area contributed by atoms with Gasteiger partial charge in [0.2, 0.25) is 5.82 Å². The highest BCUT2D eigenvalue weighted by molar-refractivity contribution is 5.84. The number of hydrogen-bond acceptors (Lipinski definition) is 6. The first-order chi connectivity index (χ1) is 19.2. The molecule has 0 bridgehead atoms. The van der Waals surface area contributed by atoms with Crippen molar-refractivity contribution in [2.24, 2.45) is 5.10 Å². The highest BCUT2D eigenvalue weighted by Gasteiger charge is 2.27. The Bertz CT molecular complexity index is 1570. The van der Waals surface area contributed by atoms with Gasteiger partial charge in [-0.15, -0.1) is 10.2 Å². The Morgan fingerprint density at radius 3 is 2.41 bits per heavy atom. The van der Waals surface area contributed by atoms with E-state index in [-0.39, 0.29) is 6.04 Å². The molecule has 7 nitrogen and oxygen atoms in total. The van der Waals surface area contributed by atoms with E-state index < -0.39 is 0 Å². The number of rotatable bonds is 9. The molecule has 1 N–H and O–H groups in total. The predicted molar refractivity (Wildman–Crippen MR) is 157 cm³/mol. The van der Waals surface area contributed by atoms with Gasteiger partial charge in [-0.25, -0.2) is 0 Å². The van der Waals surface area contributed by atoms with Gasteiger partial charge in [0.25, 0.3) is 0 Å². The van der Waals surface area contributed by atoms with Crippen LogP contribution in [0.3, 0.4) is 0 Å². The Morgan fingerprint density at radius 2 is 1.64 bits per heavy atom. The normalized spacial score (nSPS) is 14.2. The van der Waals surface area contributed by atoms with Gasteiger partial charge in [-0.05, 0) is 57.7 Å². The summed E-state index contributed by atoms with van der Waals surface area (Å²) in [6, 6.07) is 32.5. The molecule has 1 aromatic heterocycles. The van der Waals surface area contributed by atoms with Gasteiger partial charge in [-0.1, -0.05) is 98.3 Å². The third kappa shape index (κ3) is 5.25. The van der Waals surface area contributed by atoms with E-state index in [2.05, 4.69) is 117 Å². The zero-order chi connectivity index (χ0) is 26.6. The number of nitrogens with zero attached hydrogens (tertiary/aromatic N) is 6. The highest BCUT2D eigenvalue weighted by Crippen LogP contribution is 2.31. The van der Waals surface area contributed by atoms with Crippen LogP contribution in [0.5, 0.6) is 0 Å². The summed E-state index contributed by atoms with van der Waals surface area (Å²) in [6.07, 6.45) is 3.29. The van der Waals surface area contributed by atoms with Crippen LogP contribution in [-0.4, -0.2) is 43.0 Å². The van der Waals surface area contributed by atoms with Gasteiger partial charge in [0, 0.05) is 18.5 Å². The summed E-state index contributed by atoms with van der Waals surface area (Å²) in [5.41, 5.74) is 5.74. The SMILES string of the molecule is CCCCC1=NN(C(C)c2ccc3ccccc3c2)CN1Cc1ccc(-c2ccccc2-c2nn[nH]n2)cc1. The van der Waals surface area contributed by atoms with Crippen LogP contribution in [0.2, 0.25) is 0 Å². The van der Waals surface area contributed by atoms with E-state index in [4.69, 9.17) is 5.10 Å². The van der Waals surface area contributed by atoms with Crippen LogP contribution in [0.4, 0.5) is 0 Å². The quantitative estimate of drug-likeness (QED) is 0.228. The molecule has 1 unspecified atom stereocenters. The fourth-order valence-corrected chi connectivity index (χ4v) is 5.25. The van der Waals surface area contributed by atoms with Crippen molar-refractivity contribution in [3.63, 3.8) is 0 Å². The van der Waals surface area contributed by atoms with Crippen LogP contribution in [0, 0.1) is 0 Å². The van der Waals surface area contributed by atoms with Crippen molar-refractivity contribution in [1.82, 2.24) is 30.5 Å². The molecule has 0 spiro atoms. The van der Waals surface area contributed by atoms with Crippen LogP contribution in [0.15, 0.2) is 96.1 Å². The molecular weight excluding hydrogens is 482 g/mol. The largest absolute Gasteiger partial charge is 0.335 e. The van der Waals surface area contributed by atoms with E-state index in [1.807, 2.05) is 18.2 Å². The summed E-state index contributed by atoms with van der Waals surface area (Å²) >= 11 is 0. The number of tetrazole rings is 1. The van der Waals surface area contributed by atoms with Crippen molar-refractivity contribution >= 4 is 16.6 Å². The number of hydrazone groups is 1. The molecule has 0 saturated carbocycles. The number of fused-ring (bicyclic) bond motifs is 1. The minimum absolute atomic E-state index is 0.195. The minimum Gasteiger partial charge on any atom is -0.335 e. The van der Waals surface area contributed by atoms with Crippen molar-refractivity contribution in [3.8, 4) is 22.5 Å². The molecule has 4 aromatic carbocycles. The second kappa shape index (κ2) is 11.1. The molecular formula is C32H33N7. The number of unbranched alkanes of at least 4 members (excludes halogenated alkanes) is 1. The Hall–Kier alpha value is -4.52. The van der Waals surface area contributed by atoms with E-state index in [0.717, 1.165) is 49.2 Å². The lowest BCUT2D eigenvalue weighted by atomic mass is 9.98. The maximum atomic E-state index is 5.12. The summed E-state index contributed by atoms with van der Waals surface area (Å²) in [5.74, 6) is 1.78. The van der Waals surface area contributed by atoms with Gasteiger partial charge < -0.3 is 4.90 Å². The number of hydrogen-bond donors (Lipinski definition) is 1. The highest BCUT2D eigenvalue weighted by atomic mass is 15.6. The number of benzene rings is 4. The van der Waals surface area contributed by atoms with Crippen molar-refractivity contribution in [3.05, 3.63) is 102 Å². The molecule has 5 aromatic rings. The van der Waals surface area contributed by atoms with Crippen molar-refractivity contribution in [1.29, 1.82) is 0 Å². The Balaban J connectivity index is 1.20. The Morgan fingerprint density at radius 1 is 0.872 bits per heavy atom. The van der Waals surface area contributed by atoms with E-state index in [1.165, 1.54) is 27.7 Å². The molecule has 0 radical (unpaired) electrons. The summed E-state index contributed by atoms with van der Waals surface area (Å²) in [6.45, 7) is 6.11. The van der Waals surface area contributed by atoms with Crippen molar-refractivity contribution in [2.75, 3.05) is 6.67 Å².